The zero-order chi connectivity index (χ0) is 27.6. The number of alkyl halides is 3. The summed E-state index contributed by atoms with van der Waals surface area (Å²) in [6, 6.07) is 22.4. The van der Waals surface area contributed by atoms with E-state index in [1.54, 1.807) is 13.0 Å². The van der Waals surface area contributed by atoms with Crippen LogP contribution < -0.4 is 10.6 Å². The predicted octanol–water partition coefficient (Wildman–Crippen LogP) is 6.77. The van der Waals surface area contributed by atoms with E-state index in [1.165, 1.54) is 6.07 Å². The maximum Gasteiger partial charge on any atom is 0.416 e. The Bertz CT molecular complexity index is 1570. The summed E-state index contributed by atoms with van der Waals surface area (Å²) in [5.74, 6) is 0.453. The van der Waals surface area contributed by atoms with Gasteiger partial charge in [0.2, 0.25) is 5.91 Å². The fourth-order valence-corrected chi connectivity index (χ4v) is 4.95. The number of para-hydroxylation sites is 2. The monoisotopic (exact) mass is 533 g/mol. The summed E-state index contributed by atoms with van der Waals surface area (Å²) in [7, 11) is 0. The Morgan fingerprint density at radius 1 is 1.00 bits per heavy atom. The summed E-state index contributed by atoms with van der Waals surface area (Å²) in [6.45, 7) is 3.95. The average molecular weight is 534 g/mol. The number of carbonyl (C=O) groups is 1. The molecule has 0 aliphatic carbocycles. The molecule has 202 valence electrons. The van der Waals surface area contributed by atoms with Crippen molar-refractivity contribution >= 4 is 27.8 Å². The van der Waals surface area contributed by atoms with Gasteiger partial charge in [-0.2, -0.15) is 13.2 Å². The molecule has 3 aromatic carbocycles. The SMILES string of the molecule is CC(Cc1cccc(C(F)(F)F)c1)NC(=O)C(C)(Cc1c[nH]c2ccccc12)NCc1cc2ccccc2o1. The molecule has 5 aromatic rings. The van der Waals surface area contributed by atoms with Gasteiger partial charge in [-0.1, -0.05) is 54.6 Å². The largest absolute Gasteiger partial charge is 0.460 e. The van der Waals surface area contributed by atoms with Gasteiger partial charge in [0.05, 0.1) is 17.6 Å². The molecule has 0 spiro atoms. The molecule has 0 aliphatic rings. The van der Waals surface area contributed by atoms with Gasteiger partial charge in [0.15, 0.2) is 0 Å². The van der Waals surface area contributed by atoms with Crippen LogP contribution in [0, 0.1) is 0 Å². The first-order valence-corrected chi connectivity index (χ1v) is 12.9. The van der Waals surface area contributed by atoms with Gasteiger partial charge in [-0.3, -0.25) is 10.1 Å². The van der Waals surface area contributed by atoms with Gasteiger partial charge in [0.1, 0.15) is 11.3 Å². The first kappa shape index (κ1) is 26.6. The van der Waals surface area contributed by atoms with E-state index in [0.29, 0.717) is 24.3 Å². The number of carbonyl (C=O) groups excluding carboxylic acids is 1. The third-order valence-electron chi connectivity index (χ3n) is 7.02. The highest BCUT2D eigenvalue weighted by Crippen LogP contribution is 2.30. The van der Waals surface area contributed by atoms with E-state index in [4.69, 9.17) is 4.42 Å². The van der Waals surface area contributed by atoms with Crippen LogP contribution in [0.3, 0.4) is 0 Å². The van der Waals surface area contributed by atoms with E-state index >= 15 is 0 Å². The molecule has 2 heterocycles. The molecule has 0 saturated carbocycles. The van der Waals surface area contributed by atoms with Crippen molar-refractivity contribution in [3.63, 3.8) is 0 Å². The number of hydrogen-bond donors (Lipinski definition) is 3. The number of hydrogen-bond acceptors (Lipinski definition) is 3. The highest BCUT2D eigenvalue weighted by Gasteiger charge is 2.35. The van der Waals surface area contributed by atoms with Crippen LogP contribution in [0.15, 0.2) is 89.5 Å². The van der Waals surface area contributed by atoms with E-state index < -0.39 is 23.3 Å². The number of halogens is 3. The highest BCUT2D eigenvalue weighted by molar-refractivity contribution is 5.89. The molecule has 0 saturated heterocycles. The second-order valence-corrected chi connectivity index (χ2v) is 10.2. The number of furan rings is 1. The van der Waals surface area contributed by atoms with E-state index in [9.17, 15) is 18.0 Å². The van der Waals surface area contributed by atoms with Gasteiger partial charge in [0, 0.05) is 34.9 Å². The number of benzene rings is 3. The van der Waals surface area contributed by atoms with Crippen molar-refractivity contribution in [2.24, 2.45) is 0 Å². The van der Waals surface area contributed by atoms with Crippen molar-refractivity contribution in [1.82, 2.24) is 15.6 Å². The molecular weight excluding hydrogens is 503 g/mol. The summed E-state index contributed by atoms with van der Waals surface area (Å²) >= 11 is 0. The lowest BCUT2D eigenvalue weighted by molar-refractivity contribution is -0.137. The molecule has 1 amide bonds. The summed E-state index contributed by atoms with van der Waals surface area (Å²) in [6.07, 6.45) is -1.85. The number of nitrogens with one attached hydrogen (secondary N) is 3. The number of aromatic nitrogens is 1. The van der Waals surface area contributed by atoms with E-state index in [0.717, 1.165) is 39.6 Å². The van der Waals surface area contributed by atoms with Crippen molar-refractivity contribution in [3.8, 4) is 0 Å². The maximum absolute atomic E-state index is 13.8. The Morgan fingerprint density at radius 2 is 1.77 bits per heavy atom. The Labute approximate surface area is 224 Å². The lowest BCUT2D eigenvalue weighted by Gasteiger charge is -2.31. The van der Waals surface area contributed by atoms with Gasteiger partial charge in [-0.15, -0.1) is 0 Å². The molecule has 5 rings (SSSR count). The summed E-state index contributed by atoms with van der Waals surface area (Å²) < 4.78 is 45.5. The van der Waals surface area contributed by atoms with Crippen molar-refractivity contribution < 1.29 is 22.4 Å². The average Bonchev–Trinajstić information content (AvgIpc) is 3.51. The van der Waals surface area contributed by atoms with E-state index in [-0.39, 0.29) is 12.3 Å². The zero-order valence-corrected chi connectivity index (χ0v) is 21.7. The van der Waals surface area contributed by atoms with Gasteiger partial charge in [-0.05, 0) is 55.7 Å². The molecule has 2 aromatic heterocycles. The van der Waals surface area contributed by atoms with E-state index in [1.807, 2.05) is 67.7 Å². The molecule has 3 N–H and O–H groups in total. The van der Waals surface area contributed by atoms with Crippen molar-refractivity contribution in [1.29, 1.82) is 0 Å². The standard InChI is InChI=1S/C31H30F3N3O2/c1-20(14-21-8-7-10-24(15-21)31(32,33)34)37-29(38)30(2,17-23-18-35-27-12-5-4-11-26(23)27)36-19-25-16-22-9-3-6-13-28(22)39-25/h3-13,15-16,18,20,35-36H,14,17,19H2,1-2H3,(H,37,38). The summed E-state index contributed by atoms with van der Waals surface area (Å²) in [4.78, 5) is 17.0. The fraction of sp³-hybridized carbons (Fsp3) is 0.258. The van der Waals surface area contributed by atoms with Crippen molar-refractivity contribution in [3.05, 3.63) is 108 Å². The summed E-state index contributed by atoms with van der Waals surface area (Å²) in [5, 5.41) is 8.44. The molecule has 0 bridgehead atoms. The molecule has 2 atom stereocenters. The lowest BCUT2D eigenvalue weighted by atomic mass is 9.90. The van der Waals surface area contributed by atoms with Crippen LogP contribution in [0.1, 0.15) is 36.3 Å². The van der Waals surface area contributed by atoms with Crippen LogP contribution in [-0.4, -0.2) is 22.5 Å². The molecular formula is C31H30F3N3O2. The number of amides is 1. The van der Waals surface area contributed by atoms with Gasteiger partial charge in [-0.25, -0.2) is 0 Å². The molecule has 39 heavy (non-hydrogen) atoms. The van der Waals surface area contributed by atoms with Crippen LogP contribution in [0.2, 0.25) is 0 Å². The fourth-order valence-electron chi connectivity index (χ4n) is 4.95. The molecule has 0 radical (unpaired) electrons. The quantitative estimate of drug-likeness (QED) is 0.196. The molecule has 5 nitrogen and oxygen atoms in total. The van der Waals surface area contributed by atoms with Crippen LogP contribution in [-0.2, 0) is 30.4 Å². The second-order valence-electron chi connectivity index (χ2n) is 10.2. The van der Waals surface area contributed by atoms with Crippen molar-refractivity contribution in [2.75, 3.05) is 0 Å². The molecule has 2 unspecified atom stereocenters. The smallest absolute Gasteiger partial charge is 0.416 e. The highest BCUT2D eigenvalue weighted by atomic mass is 19.4. The third kappa shape index (κ3) is 6.01. The number of H-pyrrole nitrogens is 1. The van der Waals surface area contributed by atoms with Gasteiger partial charge in [0.25, 0.3) is 0 Å². The normalized spacial score (nSPS) is 14.4. The minimum absolute atomic E-state index is 0.247. The Balaban J connectivity index is 1.36. The van der Waals surface area contributed by atoms with Crippen molar-refractivity contribution in [2.45, 2.75) is 51.0 Å². The molecule has 0 fully saturated rings. The number of aromatic amines is 1. The van der Waals surface area contributed by atoms with Crippen LogP contribution in [0.4, 0.5) is 13.2 Å². The first-order valence-electron chi connectivity index (χ1n) is 12.9. The Morgan fingerprint density at radius 3 is 2.56 bits per heavy atom. The third-order valence-corrected chi connectivity index (χ3v) is 7.02. The topological polar surface area (TPSA) is 70.1 Å². The Hall–Kier alpha value is -4.04. The minimum atomic E-state index is -4.42. The zero-order valence-electron chi connectivity index (χ0n) is 21.7. The number of rotatable bonds is 9. The lowest BCUT2D eigenvalue weighted by Crippen LogP contribution is -2.57. The Kier molecular flexibility index (Phi) is 7.23. The minimum Gasteiger partial charge on any atom is -0.460 e. The predicted molar refractivity (Wildman–Crippen MR) is 146 cm³/mol. The maximum atomic E-state index is 13.8. The van der Waals surface area contributed by atoms with Crippen LogP contribution in [0.5, 0.6) is 0 Å². The second kappa shape index (κ2) is 10.6. The first-order chi connectivity index (χ1) is 18.6. The van der Waals surface area contributed by atoms with Gasteiger partial charge >= 0.3 is 6.18 Å². The van der Waals surface area contributed by atoms with Crippen LogP contribution >= 0.6 is 0 Å². The summed E-state index contributed by atoms with van der Waals surface area (Å²) in [5.41, 5.74) is 1.50. The number of fused-ring (bicyclic) bond motifs is 2. The molecule has 0 aliphatic heterocycles. The van der Waals surface area contributed by atoms with E-state index in [2.05, 4.69) is 15.6 Å². The van der Waals surface area contributed by atoms with Crippen LogP contribution in [0.25, 0.3) is 21.9 Å². The molecule has 8 heteroatoms. The van der Waals surface area contributed by atoms with Gasteiger partial charge < -0.3 is 14.7 Å².